The summed E-state index contributed by atoms with van der Waals surface area (Å²) in [5, 5.41) is 0. The van der Waals surface area contributed by atoms with Crippen molar-refractivity contribution in [3.05, 3.63) is 0 Å². The average molecular weight is 243 g/mol. The number of hydrogen-bond donors (Lipinski definition) is 0. The number of likely N-dealkylation sites (tertiary alicyclic amines) is 1. The van der Waals surface area contributed by atoms with E-state index in [1.54, 1.807) is 0 Å². The molecule has 1 rings (SSSR count). The molecule has 1 heterocycles. The Bertz CT molecular complexity index is 181. The molecule has 3 heteroatoms. The van der Waals surface area contributed by atoms with Crippen LogP contribution < -0.4 is 0 Å². The summed E-state index contributed by atoms with van der Waals surface area (Å²) in [6.45, 7) is 9.51. The zero-order valence-corrected chi connectivity index (χ0v) is 11.8. The Hall–Kier alpha value is -0.120. The van der Waals surface area contributed by atoms with Gasteiger partial charge in [-0.2, -0.15) is 0 Å². The highest BCUT2D eigenvalue weighted by Gasteiger charge is 2.18. The maximum Gasteiger partial charge on any atom is 0.156 e. The van der Waals surface area contributed by atoms with Gasteiger partial charge in [0.15, 0.2) is 6.29 Å². The van der Waals surface area contributed by atoms with E-state index in [9.17, 15) is 0 Å². The van der Waals surface area contributed by atoms with E-state index in [1.165, 1.54) is 45.2 Å². The monoisotopic (exact) mass is 243 g/mol. The van der Waals surface area contributed by atoms with Crippen molar-refractivity contribution in [2.75, 3.05) is 19.7 Å². The third-order valence-corrected chi connectivity index (χ3v) is 3.39. The first-order valence-corrected chi connectivity index (χ1v) is 7.25. The van der Waals surface area contributed by atoms with E-state index < -0.39 is 0 Å². The van der Waals surface area contributed by atoms with Crippen molar-refractivity contribution < 1.29 is 9.47 Å². The molecular formula is C14H29NO2. The largest absolute Gasteiger partial charge is 0.353 e. The maximum absolute atomic E-state index is 5.87. The molecule has 0 aliphatic carbocycles. The van der Waals surface area contributed by atoms with Crippen LogP contribution in [-0.4, -0.2) is 37.1 Å². The number of hydrogen-bond acceptors (Lipinski definition) is 3. The fourth-order valence-corrected chi connectivity index (χ4v) is 2.29. The van der Waals surface area contributed by atoms with Crippen molar-refractivity contribution in [3.63, 3.8) is 0 Å². The van der Waals surface area contributed by atoms with Crippen LogP contribution in [0.4, 0.5) is 0 Å². The first-order chi connectivity index (χ1) is 8.24. The predicted molar refractivity (Wildman–Crippen MR) is 70.9 cm³/mol. The summed E-state index contributed by atoms with van der Waals surface area (Å²) in [5.74, 6) is 0. The van der Waals surface area contributed by atoms with Crippen LogP contribution in [0.3, 0.4) is 0 Å². The number of unbranched alkanes of at least 4 members (excludes halogenated alkanes) is 2. The van der Waals surface area contributed by atoms with Gasteiger partial charge in [-0.3, -0.25) is 4.90 Å². The van der Waals surface area contributed by atoms with E-state index in [-0.39, 0.29) is 12.5 Å². The molecule has 0 amide bonds. The summed E-state index contributed by atoms with van der Waals surface area (Å²) in [5.41, 5.74) is 0. The lowest BCUT2D eigenvalue weighted by Crippen LogP contribution is -2.40. The number of piperidine rings is 1. The standard InChI is InChI=1S/C14H29NO2/c1-4-5-9-12-16-14(3)17-13(2)15-10-7-6-8-11-15/h13-14H,4-12H2,1-3H3. The Labute approximate surface area is 106 Å². The molecule has 0 N–H and O–H groups in total. The fourth-order valence-electron chi connectivity index (χ4n) is 2.29. The zero-order valence-electron chi connectivity index (χ0n) is 11.8. The Kier molecular flexibility index (Phi) is 7.82. The van der Waals surface area contributed by atoms with E-state index in [0.717, 1.165) is 13.0 Å². The molecule has 0 radical (unpaired) electrons. The van der Waals surface area contributed by atoms with E-state index in [1.807, 2.05) is 6.92 Å². The van der Waals surface area contributed by atoms with Gasteiger partial charge in [0.25, 0.3) is 0 Å². The summed E-state index contributed by atoms with van der Waals surface area (Å²) < 4.78 is 11.5. The minimum absolute atomic E-state index is 0.0798. The Morgan fingerprint density at radius 2 is 1.76 bits per heavy atom. The van der Waals surface area contributed by atoms with Crippen LogP contribution >= 0.6 is 0 Å². The second-order valence-electron chi connectivity index (χ2n) is 4.98. The Morgan fingerprint density at radius 1 is 1.06 bits per heavy atom. The zero-order chi connectivity index (χ0) is 12.5. The third-order valence-electron chi connectivity index (χ3n) is 3.39. The summed E-state index contributed by atoms with van der Waals surface area (Å²) in [7, 11) is 0. The summed E-state index contributed by atoms with van der Waals surface area (Å²) in [4.78, 5) is 2.41. The van der Waals surface area contributed by atoms with Crippen molar-refractivity contribution in [2.24, 2.45) is 0 Å². The van der Waals surface area contributed by atoms with Crippen LogP contribution in [0.1, 0.15) is 59.3 Å². The molecule has 3 nitrogen and oxygen atoms in total. The highest BCUT2D eigenvalue weighted by atomic mass is 16.7. The van der Waals surface area contributed by atoms with Crippen LogP contribution in [0.15, 0.2) is 0 Å². The number of ether oxygens (including phenoxy) is 2. The summed E-state index contributed by atoms with van der Waals surface area (Å²) >= 11 is 0. The number of rotatable bonds is 8. The predicted octanol–water partition coefficient (Wildman–Crippen LogP) is 3.39. The van der Waals surface area contributed by atoms with Gasteiger partial charge in [0.05, 0.1) is 0 Å². The van der Waals surface area contributed by atoms with Gasteiger partial charge < -0.3 is 9.47 Å². The van der Waals surface area contributed by atoms with Gasteiger partial charge in [-0.15, -0.1) is 0 Å². The second-order valence-corrected chi connectivity index (χ2v) is 4.98. The summed E-state index contributed by atoms with van der Waals surface area (Å²) in [6.07, 6.45) is 7.71. The highest BCUT2D eigenvalue weighted by molar-refractivity contribution is 4.65. The molecule has 1 aliphatic heterocycles. The van der Waals surface area contributed by atoms with Crippen LogP contribution in [-0.2, 0) is 9.47 Å². The highest BCUT2D eigenvalue weighted by Crippen LogP contribution is 2.14. The SMILES string of the molecule is CCCCCOC(C)OC(C)N1CCCCC1. The third kappa shape index (κ3) is 6.39. The van der Waals surface area contributed by atoms with Gasteiger partial charge in [0.1, 0.15) is 6.23 Å². The smallest absolute Gasteiger partial charge is 0.156 e. The van der Waals surface area contributed by atoms with Gasteiger partial charge in [-0.25, -0.2) is 0 Å². The minimum atomic E-state index is -0.0798. The molecule has 1 fully saturated rings. The Balaban J connectivity index is 2.09. The van der Waals surface area contributed by atoms with Crippen LogP contribution in [0.5, 0.6) is 0 Å². The minimum Gasteiger partial charge on any atom is -0.353 e. The fraction of sp³-hybridized carbons (Fsp3) is 1.00. The van der Waals surface area contributed by atoms with Gasteiger partial charge in [0, 0.05) is 19.7 Å². The van der Waals surface area contributed by atoms with Crippen LogP contribution in [0.2, 0.25) is 0 Å². The lowest BCUT2D eigenvalue weighted by atomic mass is 10.1. The maximum atomic E-state index is 5.87. The Morgan fingerprint density at radius 3 is 2.41 bits per heavy atom. The van der Waals surface area contributed by atoms with Crippen molar-refractivity contribution in [1.82, 2.24) is 4.90 Å². The number of nitrogens with zero attached hydrogens (tertiary/aromatic N) is 1. The molecule has 102 valence electrons. The molecule has 1 aliphatic rings. The molecule has 2 unspecified atom stereocenters. The van der Waals surface area contributed by atoms with Gasteiger partial charge in [-0.05, 0) is 33.1 Å². The lowest BCUT2D eigenvalue weighted by Gasteiger charge is -2.33. The molecule has 0 saturated carbocycles. The lowest BCUT2D eigenvalue weighted by molar-refractivity contribution is -0.194. The molecule has 2 atom stereocenters. The van der Waals surface area contributed by atoms with E-state index in [0.29, 0.717) is 0 Å². The first-order valence-electron chi connectivity index (χ1n) is 7.25. The van der Waals surface area contributed by atoms with E-state index in [2.05, 4.69) is 18.7 Å². The molecule has 1 saturated heterocycles. The van der Waals surface area contributed by atoms with Crippen molar-refractivity contribution in [2.45, 2.75) is 71.8 Å². The van der Waals surface area contributed by atoms with Gasteiger partial charge in [-0.1, -0.05) is 26.2 Å². The van der Waals surface area contributed by atoms with E-state index in [4.69, 9.17) is 9.47 Å². The van der Waals surface area contributed by atoms with Gasteiger partial charge in [0.2, 0.25) is 0 Å². The summed E-state index contributed by atoms with van der Waals surface area (Å²) in [6, 6.07) is 0. The molecule has 0 bridgehead atoms. The van der Waals surface area contributed by atoms with Crippen LogP contribution in [0, 0.1) is 0 Å². The topological polar surface area (TPSA) is 21.7 Å². The van der Waals surface area contributed by atoms with Crippen LogP contribution in [0.25, 0.3) is 0 Å². The molecule has 0 spiro atoms. The van der Waals surface area contributed by atoms with Gasteiger partial charge >= 0.3 is 0 Å². The van der Waals surface area contributed by atoms with Crippen molar-refractivity contribution in [3.8, 4) is 0 Å². The quantitative estimate of drug-likeness (QED) is 0.482. The average Bonchev–Trinajstić information content (AvgIpc) is 2.36. The second kappa shape index (κ2) is 8.90. The molecule has 0 aromatic rings. The van der Waals surface area contributed by atoms with Crippen molar-refractivity contribution in [1.29, 1.82) is 0 Å². The normalized spacial score (nSPS) is 21.4. The molecular weight excluding hydrogens is 214 g/mol. The molecule has 17 heavy (non-hydrogen) atoms. The van der Waals surface area contributed by atoms with Crippen molar-refractivity contribution >= 4 is 0 Å². The molecule has 0 aromatic heterocycles. The molecule has 0 aromatic carbocycles. The first kappa shape index (κ1) is 14.9. The van der Waals surface area contributed by atoms with E-state index >= 15 is 0 Å².